The molecule has 0 spiro atoms. The molecule has 0 radical (unpaired) electrons. The van der Waals surface area contributed by atoms with Crippen molar-refractivity contribution < 1.29 is 4.42 Å². The fourth-order valence-electron chi connectivity index (χ4n) is 2.36. The third-order valence-corrected chi connectivity index (χ3v) is 3.77. The summed E-state index contributed by atoms with van der Waals surface area (Å²) < 4.78 is 5.07. The van der Waals surface area contributed by atoms with Gasteiger partial charge in [-0.1, -0.05) is 30.7 Å². The van der Waals surface area contributed by atoms with Gasteiger partial charge < -0.3 is 10.2 Å². The number of benzene rings is 1. The van der Waals surface area contributed by atoms with Gasteiger partial charge in [0, 0.05) is 5.56 Å². The third-order valence-electron chi connectivity index (χ3n) is 3.77. The van der Waals surface area contributed by atoms with Crippen LogP contribution in [0.3, 0.4) is 0 Å². The zero-order chi connectivity index (χ0) is 11.7. The molecule has 1 unspecified atom stereocenters. The van der Waals surface area contributed by atoms with Gasteiger partial charge in [-0.25, -0.2) is 0 Å². The lowest BCUT2D eigenvalue weighted by Gasteiger charge is -2.26. The average molecular weight is 227 g/mol. The van der Waals surface area contributed by atoms with Crippen molar-refractivity contribution in [2.24, 2.45) is 5.73 Å². The summed E-state index contributed by atoms with van der Waals surface area (Å²) in [6, 6.07) is 10.6. The molecular weight excluding hydrogens is 210 g/mol. The molecule has 1 aliphatic rings. The maximum Gasteiger partial charge on any atom is 0.0953 e. The molecule has 2 heteroatoms. The Labute approximate surface area is 101 Å². The molecule has 0 saturated heterocycles. The van der Waals surface area contributed by atoms with E-state index < -0.39 is 0 Å². The van der Waals surface area contributed by atoms with Gasteiger partial charge in [0.15, 0.2) is 0 Å². The van der Waals surface area contributed by atoms with Crippen LogP contribution >= 0.6 is 0 Å². The van der Waals surface area contributed by atoms with Crippen molar-refractivity contribution in [2.75, 3.05) is 0 Å². The van der Waals surface area contributed by atoms with E-state index in [0.29, 0.717) is 0 Å². The summed E-state index contributed by atoms with van der Waals surface area (Å²) in [5.74, 6) is 0.786. The maximum atomic E-state index is 6.17. The quantitative estimate of drug-likeness (QED) is 0.870. The van der Waals surface area contributed by atoms with Gasteiger partial charge in [0.1, 0.15) is 0 Å². The van der Waals surface area contributed by atoms with Gasteiger partial charge in [0.2, 0.25) is 0 Å². The van der Waals surface area contributed by atoms with E-state index in [9.17, 15) is 0 Å². The van der Waals surface area contributed by atoms with Crippen molar-refractivity contribution >= 4 is 0 Å². The summed E-state index contributed by atoms with van der Waals surface area (Å²) >= 11 is 0. The fourth-order valence-corrected chi connectivity index (χ4v) is 2.36. The molecule has 2 N–H and O–H groups in total. The molecule has 0 bridgehead atoms. The van der Waals surface area contributed by atoms with E-state index in [1.54, 1.807) is 12.5 Å². The number of hydrogen-bond donors (Lipinski definition) is 1. The van der Waals surface area contributed by atoms with Gasteiger partial charge in [-0.2, -0.15) is 0 Å². The minimum absolute atomic E-state index is 0.0795. The van der Waals surface area contributed by atoms with Crippen LogP contribution in [-0.4, -0.2) is 0 Å². The fraction of sp³-hybridized carbons (Fsp3) is 0.333. The van der Waals surface area contributed by atoms with Gasteiger partial charge in [-0.15, -0.1) is 0 Å². The second-order valence-electron chi connectivity index (χ2n) is 4.83. The van der Waals surface area contributed by atoms with Crippen LogP contribution in [0.5, 0.6) is 0 Å². The highest BCUT2D eigenvalue weighted by Gasteiger charge is 2.19. The molecule has 3 rings (SSSR count). The molecule has 1 aromatic carbocycles. The van der Waals surface area contributed by atoms with Crippen LogP contribution in [-0.2, 0) is 0 Å². The number of hydrogen-bond acceptors (Lipinski definition) is 2. The second-order valence-corrected chi connectivity index (χ2v) is 4.83. The first kappa shape index (κ1) is 10.6. The van der Waals surface area contributed by atoms with Crippen molar-refractivity contribution in [2.45, 2.75) is 31.2 Å². The summed E-state index contributed by atoms with van der Waals surface area (Å²) in [5.41, 5.74) is 9.81. The first-order chi connectivity index (χ1) is 8.34. The van der Waals surface area contributed by atoms with Crippen molar-refractivity contribution in [3.63, 3.8) is 0 Å². The lowest BCUT2D eigenvalue weighted by Crippen LogP contribution is -2.12. The van der Waals surface area contributed by atoms with Gasteiger partial charge in [-0.3, -0.25) is 0 Å². The maximum absolute atomic E-state index is 6.17. The highest BCUT2D eigenvalue weighted by molar-refractivity contribution is 5.33. The predicted molar refractivity (Wildman–Crippen MR) is 67.8 cm³/mol. The van der Waals surface area contributed by atoms with Crippen LogP contribution in [0.2, 0.25) is 0 Å². The second kappa shape index (κ2) is 4.38. The number of nitrogens with two attached hydrogens (primary N) is 1. The van der Waals surface area contributed by atoms with Gasteiger partial charge >= 0.3 is 0 Å². The van der Waals surface area contributed by atoms with Crippen LogP contribution in [0.15, 0.2) is 47.3 Å². The summed E-state index contributed by atoms with van der Waals surface area (Å²) in [7, 11) is 0. The highest BCUT2D eigenvalue weighted by Crippen LogP contribution is 2.36. The molecule has 0 amide bonds. The largest absolute Gasteiger partial charge is 0.472 e. The van der Waals surface area contributed by atoms with Crippen LogP contribution < -0.4 is 5.73 Å². The van der Waals surface area contributed by atoms with Crippen molar-refractivity contribution in [3.8, 4) is 0 Å². The standard InChI is InChI=1S/C15H17NO/c16-15(14-8-9-17-10-14)13-6-4-12(5-7-13)11-2-1-3-11/h4-11,15H,1-3,16H2. The van der Waals surface area contributed by atoms with Crippen LogP contribution in [0, 0.1) is 0 Å². The van der Waals surface area contributed by atoms with E-state index >= 15 is 0 Å². The number of rotatable bonds is 3. The molecule has 1 aliphatic carbocycles. The topological polar surface area (TPSA) is 39.2 Å². The molecule has 1 heterocycles. The smallest absolute Gasteiger partial charge is 0.0953 e. The zero-order valence-corrected chi connectivity index (χ0v) is 9.80. The van der Waals surface area contributed by atoms with Crippen LogP contribution in [0.25, 0.3) is 0 Å². The van der Waals surface area contributed by atoms with Gasteiger partial charge in [-0.05, 0) is 36.0 Å². The summed E-state index contributed by atoms with van der Waals surface area (Å²) in [6.45, 7) is 0. The van der Waals surface area contributed by atoms with E-state index in [-0.39, 0.29) is 6.04 Å². The molecule has 1 atom stereocenters. The van der Waals surface area contributed by atoms with E-state index in [1.807, 2.05) is 6.07 Å². The first-order valence-electron chi connectivity index (χ1n) is 6.22. The summed E-state index contributed by atoms with van der Waals surface area (Å²) in [4.78, 5) is 0. The van der Waals surface area contributed by atoms with Crippen LogP contribution in [0.4, 0.5) is 0 Å². The Kier molecular flexibility index (Phi) is 2.73. The Morgan fingerprint density at radius 2 is 1.82 bits per heavy atom. The monoisotopic (exact) mass is 227 g/mol. The Morgan fingerprint density at radius 3 is 2.35 bits per heavy atom. The third kappa shape index (κ3) is 2.01. The number of furan rings is 1. The van der Waals surface area contributed by atoms with E-state index in [0.717, 1.165) is 17.0 Å². The lowest BCUT2D eigenvalue weighted by molar-refractivity contribution is 0.419. The molecule has 1 fully saturated rings. The minimum atomic E-state index is -0.0795. The van der Waals surface area contributed by atoms with E-state index in [2.05, 4.69) is 24.3 Å². The molecule has 2 aromatic rings. The molecule has 0 aliphatic heterocycles. The zero-order valence-electron chi connectivity index (χ0n) is 9.80. The summed E-state index contributed by atoms with van der Waals surface area (Å²) in [5, 5.41) is 0. The Bertz CT molecular complexity index is 468. The predicted octanol–water partition coefficient (Wildman–Crippen LogP) is 3.60. The molecular formula is C15H17NO. The molecule has 1 saturated carbocycles. The van der Waals surface area contributed by atoms with E-state index in [4.69, 9.17) is 10.2 Å². The first-order valence-corrected chi connectivity index (χ1v) is 6.22. The van der Waals surface area contributed by atoms with Crippen molar-refractivity contribution in [1.82, 2.24) is 0 Å². The molecule has 88 valence electrons. The molecule has 17 heavy (non-hydrogen) atoms. The van der Waals surface area contributed by atoms with Crippen LogP contribution in [0.1, 0.15) is 47.9 Å². The minimum Gasteiger partial charge on any atom is -0.472 e. The highest BCUT2D eigenvalue weighted by atomic mass is 16.3. The van der Waals surface area contributed by atoms with Crippen molar-refractivity contribution in [1.29, 1.82) is 0 Å². The Hall–Kier alpha value is -1.54. The van der Waals surface area contributed by atoms with Gasteiger partial charge in [0.25, 0.3) is 0 Å². The van der Waals surface area contributed by atoms with E-state index in [1.165, 1.54) is 24.8 Å². The Morgan fingerprint density at radius 1 is 1.06 bits per heavy atom. The Balaban J connectivity index is 1.79. The molecule has 1 aromatic heterocycles. The lowest BCUT2D eigenvalue weighted by atomic mass is 9.80. The summed E-state index contributed by atoms with van der Waals surface area (Å²) in [6.07, 6.45) is 7.43. The van der Waals surface area contributed by atoms with Crippen molar-refractivity contribution in [3.05, 3.63) is 59.5 Å². The van der Waals surface area contributed by atoms with Gasteiger partial charge in [0.05, 0.1) is 18.6 Å². The molecule has 2 nitrogen and oxygen atoms in total. The SMILES string of the molecule is NC(c1ccc(C2CCC2)cc1)c1ccoc1. The average Bonchev–Trinajstić information content (AvgIpc) is 2.80. The normalized spacial score (nSPS) is 17.7.